The van der Waals surface area contributed by atoms with Crippen molar-refractivity contribution in [2.75, 3.05) is 66.0 Å². The number of nitrogens with one attached hydrogen (secondary N) is 1. The quantitative estimate of drug-likeness (QED) is 0.103. The van der Waals surface area contributed by atoms with E-state index in [2.05, 4.69) is 16.0 Å². The van der Waals surface area contributed by atoms with E-state index in [1.165, 1.54) is 21.1 Å². The van der Waals surface area contributed by atoms with Crippen LogP contribution >= 0.6 is 0 Å². The molecule has 60 heavy (non-hydrogen) atoms. The Labute approximate surface area is 350 Å². The molecule has 11 atom stereocenters. The monoisotopic (exact) mass is 826 g/mol. The summed E-state index contributed by atoms with van der Waals surface area (Å²) < 4.78 is 23.1. The van der Waals surface area contributed by atoms with Crippen LogP contribution in [0, 0.1) is 16.5 Å². The van der Waals surface area contributed by atoms with Gasteiger partial charge in [0.1, 0.15) is 17.2 Å². The molecular formula is C46H58N4O10. The molecule has 14 nitrogen and oxygen atoms in total. The molecule has 1 aromatic heterocycles. The second kappa shape index (κ2) is 13.8. The highest BCUT2D eigenvalue weighted by Crippen LogP contribution is 2.69. The molecule has 2 aromatic carbocycles. The molecule has 1 aliphatic carbocycles. The van der Waals surface area contributed by atoms with Crippen LogP contribution in [0.1, 0.15) is 75.3 Å². The van der Waals surface area contributed by atoms with E-state index in [0.717, 1.165) is 16.5 Å². The molecular weight excluding hydrogens is 769 g/mol. The van der Waals surface area contributed by atoms with Crippen molar-refractivity contribution in [1.82, 2.24) is 9.88 Å². The van der Waals surface area contributed by atoms with Crippen molar-refractivity contribution in [2.24, 2.45) is 11.3 Å². The summed E-state index contributed by atoms with van der Waals surface area (Å²) in [7, 11) is 5.93. The van der Waals surface area contributed by atoms with Gasteiger partial charge in [0.2, 0.25) is 5.60 Å². The fraction of sp³-hybridized carbons (Fsp3) is 0.587. The molecule has 3 N–H and O–H groups in total. The average molecular weight is 827 g/mol. The minimum absolute atomic E-state index is 0.149. The number of benzene rings is 2. The lowest BCUT2D eigenvalue weighted by atomic mass is 9.47. The number of piperidine rings is 1. The Morgan fingerprint density at radius 3 is 2.45 bits per heavy atom. The third-order valence-electron chi connectivity index (χ3n) is 15.9. The molecule has 322 valence electrons. The van der Waals surface area contributed by atoms with Crippen LogP contribution in [0.15, 0.2) is 48.6 Å². The number of ether oxygens (including phenoxy) is 4. The molecule has 1 saturated carbocycles. The number of aliphatic hydroxyl groups is 2. The number of para-hydroxylation sites is 1. The highest BCUT2D eigenvalue weighted by atomic mass is 16.6. The molecule has 0 amide bonds. The van der Waals surface area contributed by atoms with Gasteiger partial charge >= 0.3 is 17.9 Å². The van der Waals surface area contributed by atoms with Crippen molar-refractivity contribution in [1.29, 1.82) is 0 Å². The smallest absolute Gasteiger partial charge is 0.344 e. The van der Waals surface area contributed by atoms with Crippen LogP contribution in [-0.2, 0) is 45.8 Å². The maximum absolute atomic E-state index is 15.5. The van der Waals surface area contributed by atoms with Gasteiger partial charge in [-0.3, -0.25) is 14.5 Å². The number of nitrogens with zero attached hydrogens (tertiary/aromatic N) is 3. The van der Waals surface area contributed by atoms with Crippen molar-refractivity contribution < 1.29 is 48.2 Å². The van der Waals surface area contributed by atoms with E-state index < -0.39 is 68.2 Å². The number of esters is 3. The number of hydroxylamine groups is 3. The van der Waals surface area contributed by atoms with Gasteiger partial charge in [0, 0.05) is 73.9 Å². The van der Waals surface area contributed by atoms with E-state index in [4.69, 9.17) is 18.9 Å². The molecule has 2 saturated heterocycles. The molecule has 14 heteroatoms. The van der Waals surface area contributed by atoms with Gasteiger partial charge in [0.25, 0.3) is 0 Å². The van der Waals surface area contributed by atoms with E-state index >= 15 is 10.0 Å². The van der Waals surface area contributed by atoms with E-state index in [1.807, 2.05) is 55.2 Å². The van der Waals surface area contributed by atoms with Gasteiger partial charge in [-0.2, -0.15) is 0 Å². The third-order valence-corrected chi connectivity index (χ3v) is 15.9. The average Bonchev–Trinajstić information content (AvgIpc) is 3.86. The predicted octanol–water partition coefficient (Wildman–Crippen LogP) is 4.00. The van der Waals surface area contributed by atoms with Crippen LogP contribution in [0.25, 0.3) is 10.9 Å². The summed E-state index contributed by atoms with van der Waals surface area (Å²) in [6.45, 7) is 7.34. The molecule has 6 heterocycles. The molecule has 9 rings (SSSR count). The van der Waals surface area contributed by atoms with Crippen LogP contribution in [0.3, 0.4) is 0 Å². The first-order chi connectivity index (χ1) is 28.6. The Bertz CT molecular complexity index is 2310. The Hall–Kier alpha value is -4.47. The van der Waals surface area contributed by atoms with Gasteiger partial charge in [-0.1, -0.05) is 38.1 Å². The van der Waals surface area contributed by atoms with Crippen molar-refractivity contribution >= 4 is 34.5 Å². The molecule has 3 fully saturated rings. The normalized spacial score (nSPS) is 38.7. The number of methoxy groups -OCH3 is 3. The van der Waals surface area contributed by atoms with E-state index in [0.29, 0.717) is 67.2 Å². The summed E-state index contributed by atoms with van der Waals surface area (Å²) in [6.07, 6.45) is 4.68. The first-order valence-electron chi connectivity index (χ1n) is 21.4. The molecule has 4 unspecified atom stereocenters. The Morgan fingerprint density at radius 1 is 1.02 bits per heavy atom. The second-order valence-electron chi connectivity index (χ2n) is 18.6. The standard InChI is InChI=1S/C46H58N4O10/c1-8-42(54)23-28-24-45(40(52)58-6,36-30(15-18-49(25-28)26-42)29-13-10-11-14-33(29)47-36)32-21-31-34(22-35(32)57-5)48(4)37-44(31)17-20-50(56)19-12-16-43(9-2,38(44)50)39(60-27(3)51)46(37,55)41(53)59-7/h10-14,16,21-22,28,37-39,47,54-55H,8-9,15,17-20,23-26H2,1-7H3/t28-,37-,38+,39-,42+,43-,44?,45?,46+,50?/m1/s1. The third kappa shape index (κ3) is 5.14. The maximum Gasteiger partial charge on any atom is 0.344 e. The van der Waals surface area contributed by atoms with Crippen LogP contribution in [0.4, 0.5) is 5.69 Å². The number of aromatic nitrogens is 1. The number of H-pyrrole nitrogens is 1. The first-order valence-corrected chi connectivity index (χ1v) is 21.4. The number of quaternary nitrogens is 1. The van der Waals surface area contributed by atoms with Crippen LogP contribution in [-0.4, -0.2) is 133 Å². The van der Waals surface area contributed by atoms with Crippen molar-refractivity contribution in [2.45, 2.75) is 99.5 Å². The lowest BCUT2D eigenvalue weighted by molar-refractivity contribution is -0.900. The van der Waals surface area contributed by atoms with Gasteiger partial charge in [-0.15, -0.1) is 0 Å². The molecule has 3 aromatic rings. The van der Waals surface area contributed by atoms with E-state index in [1.54, 1.807) is 20.2 Å². The number of carbonyl (C=O) groups is 3. The fourth-order valence-corrected chi connectivity index (χ4v) is 13.8. The van der Waals surface area contributed by atoms with Crippen LogP contribution in [0.5, 0.6) is 5.75 Å². The summed E-state index contributed by atoms with van der Waals surface area (Å²) in [5.74, 6) is -1.93. The number of likely N-dealkylation sites (N-methyl/N-ethyl adjacent to an activating group) is 1. The van der Waals surface area contributed by atoms with Crippen molar-refractivity contribution in [3.8, 4) is 5.75 Å². The van der Waals surface area contributed by atoms with Gasteiger partial charge in [-0.25, -0.2) is 4.79 Å². The molecule has 6 aliphatic rings. The minimum atomic E-state index is -2.44. The van der Waals surface area contributed by atoms with Gasteiger partial charge in [0.05, 0.1) is 56.9 Å². The largest absolute Gasteiger partial charge is 0.632 e. The minimum Gasteiger partial charge on any atom is -0.632 e. The number of rotatable bonds is 7. The second-order valence-corrected chi connectivity index (χ2v) is 18.6. The lowest BCUT2D eigenvalue weighted by Gasteiger charge is -2.65. The fourth-order valence-electron chi connectivity index (χ4n) is 13.8. The number of hydrogen-bond donors (Lipinski definition) is 3. The van der Waals surface area contributed by atoms with Crippen LogP contribution in [0.2, 0.25) is 0 Å². The topological polar surface area (TPSA) is 174 Å². The molecule has 5 aliphatic heterocycles. The zero-order valence-electron chi connectivity index (χ0n) is 35.7. The summed E-state index contributed by atoms with van der Waals surface area (Å²) in [4.78, 5) is 50.6. The number of carbonyl (C=O) groups excluding carboxylic acids is 3. The summed E-state index contributed by atoms with van der Waals surface area (Å²) in [5.41, 5.74) is -3.04. The number of hydrogen-bond acceptors (Lipinski definition) is 12. The number of anilines is 1. The Morgan fingerprint density at radius 2 is 1.77 bits per heavy atom. The highest BCUT2D eigenvalue weighted by Gasteiger charge is 2.83. The Balaban J connectivity index is 1.38. The molecule has 1 spiro atoms. The van der Waals surface area contributed by atoms with Gasteiger partial charge in [-0.05, 0) is 67.4 Å². The Kier molecular flexibility index (Phi) is 9.39. The lowest BCUT2D eigenvalue weighted by Crippen LogP contribution is -2.83. The van der Waals surface area contributed by atoms with E-state index in [9.17, 15) is 19.8 Å². The van der Waals surface area contributed by atoms with Crippen molar-refractivity contribution in [3.05, 3.63) is 76.1 Å². The van der Waals surface area contributed by atoms with Gasteiger partial charge in [0.15, 0.2) is 6.10 Å². The molecule has 0 radical (unpaired) electrons. The predicted molar refractivity (Wildman–Crippen MR) is 222 cm³/mol. The van der Waals surface area contributed by atoms with Crippen LogP contribution < -0.4 is 9.64 Å². The SMILES string of the molecule is CC[C@]1(O)C[C@H]2CN(CCc3c([nH]c4ccccc34)C(C(=O)OC)(c3cc4c(cc3OC)N(C)[C@@H]3C45CC[N+]4([O-])CC=C[C@@](CC)([C@@H](OC(C)=O)[C@]3(O)C(=O)OC)[C@@H]54)C2)C1. The summed E-state index contributed by atoms with van der Waals surface area (Å²) in [6, 6.07) is 9.93. The van der Waals surface area contributed by atoms with Crippen molar-refractivity contribution in [3.63, 3.8) is 0 Å². The first kappa shape index (κ1) is 40.9. The van der Waals surface area contributed by atoms with Gasteiger partial charge < -0.3 is 48.9 Å². The summed E-state index contributed by atoms with van der Waals surface area (Å²) in [5, 5.41) is 41.8. The number of fused-ring (bicyclic) bond motifs is 6. The maximum atomic E-state index is 15.5. The summed E-state index contributed by atoms with van der Waals surface area (Å²) >= 11 is 0. The van der Waals surface area contributed by atoms with E-state index in [-0.39, 0.29) is 38.3 Å². The molecule has 2 bridgehead atoms. The zero-order valence-corrected chi connectivity index (χ0v) is 35.7. The number of aromatic amines is 1. The highest BCUT2D eigenvalue weighted by molar-refractivity contribution is 5.95. The zero-order chi connectivity index (χ0) is 42.8.